The van der Waals surface area contributed by atoms with Crippen LogP contribution in [0, 0.1) is 13.8 Å². The molecule has 10 heteroatoms. The minimum absolute atomic E-state index is 0.0244. The van der Waals surface area contributed by atoms with Crippen LogP contribution in [0.25, 0.3) is 10.2 Å². The topological polar surface area (TPSA) is 118 Å². The Morgan fingerprint density at radius 3 is 2.71 bits per heavy atom. The summed E-state index contributed by atoms with van der Waals surface area (Å²) in [5.74, 6) is 0.451. The van der Waals surface area contributed by atoms with E-state index in [0.717, 1.165) is 22.6 Å². The Hall–Kier alpha value is -4.05. The summed E-state index contributed by atoms with van der Waals surface area (Å²) in [5.41, 5.74) is 2.50. The summed E-state index contributed by atoms with van der Waals surface area (Å²) in [4.78, 5) is 39.1. The van der Waals surface area contributed by atoms with Gasteiger partial charge in [-0.15, -0.1) is 11.3 Å². The second-order valence-electron chi connectivity index (χ2n) is 6.94. The monoisotopic (exact) mass is 433 g/mol. The molecule has 0 radical (unpaired) electrons. The number of ether oxygens (including phenoxy) is 1. The van der Waals surface area contributed by atoms with Gasteiger partial charge in [-0.25, -0.2) is 24.5 Å². The summed E-state index contributed by atoms with van der Waals surface area (Å²) < 4.78 is 5.91. The minimum atomic E-state index is -1.12. The van der Waals surface area contributed by atoms with E-state index in [4.69, 9.17) is 4.74 Å². The fourth-order valence-corrected chi connectivity index (χ4v) is 4.32. The van der Waals surface area contributed by atoms with Gasteiger partial charge in [-0.2, -0.15) is 0 Å². The van der Waals surface area contributed by atoms with Crippen molar-refractivity contribution in [3.05, 3.63) is 59.0 Å². The molecule has 0 fully saturated rings. The highest BCUT2D eigenvalue weighted by Crippen LogP contribution is 2.45. The lowest BCUT2D eigenvalue weighted by Crippen LogP contribution is -2.34. The predicted molar refractivity (Wildman–Crippen MR) is 116 cm³/mol. The normalized spacial score (nSPS) is 12.7. The van der Waals surface area contributed by atoms with Crippen molar-refractivity contribution in [2.24, 2.45) is 0 Å². The molecule has 154 valence electrons. The van der Waals surface area contributed by atoms with Crippen molar-refractivity contribution in [3.8, 4) is 11.5 Å². The lowest BCUT2D eigenvalue weighted by Gasteiger charge is -2.27. The molecule has 0 atom stereocenters. The number of pyridine rings is 1. The number of carboxylic acids is 1. The number of nitrogens with zero attached hydrogens (tertiary/aromatic N) is 4. The Balaban J connectivity index is 1.55. The maximum atomic E-state index is 12.9. The van der Waals surface area contributed by atoms with E-state index in [-0.39, 0.29) is 10.6 Å². The van der Waals surface area contributed by atoms with Crippen LogP contribution in [-0.2, 0) is 0 Å². The number of anilines is 3. The van der Waals surface area contributed by atoms with E-state index < -0.39 is 12.0 Å². The number of thiophene rings is 1. The summed E-state index contributed by atoms with van der Waals surface area (Å²) in [6.45, 7) is 3.77. The van der Waals surface area contributed by atoms with Crippen molar-refractivity contribution in [1.29, 1.82) is 0 Å². The number of nitrogens with one attached hydrogen (secondary N) is 1. The van der Waals surface area contributed by atoms with E-state index in [2.05, 4.69) is 20.3 Å². The largest absolute Gasteiger partial charge is 0.477 e. The average Bonchev–Trinajstić information content (AvgIpc) is 3.11. The van der Waals surface area contributed by atoms with Crippen molar-refractivity contribution >= 4 is 50.7 Å². The predicted octanol–water partition coefficient (Wildman–Crippen LogP) is 4.88. The fraction of sp³-hybridized carbons (Fsp3) is 0.0952. The maximum Gasteiger partial charge on any atom is 0.348 e. The first kappa shape index (κ1) is 18.9. The van der Waals surface area contributed by atoms with E-state index in [0.29, 0.717) is 33.2 Å². The first-order valence-electron chi connectivity index (χ1n) is 9.25. The van der Waals surface area contributed by atoms with E-state index in [1.807, 2.05) is 26.0 Å². The summed E-state index contributed by atoms with van der Waals surface area (Å²) in [6, 6.07) is 8.52. The molecule has 31 heavy (non-hydrogen) atoms. The number of rotatable bonds is 4. The van der Waals surface area contributed by atoms with Gasteiger partial charge in [0.2, 0.25) is 0 Å². The van der Waals surface area contributed by atoms with Crippen LogP contribution < -0.4 is 15.0 Å². The van der Waals surface area contributed by atoms with Gasteiger partial charge in [0.25, 0.3) is 0 Å². The highest BCUT2D eigenvalue weighted by molar-refractivity contribution is 7.21. The number of benzene rings is 1. The zero-order valence-corrected chi connectivity index (χ0v) is 17.2. The molecule has 2 N–H and O–H groups in total. The van der Waals surface area contributed by atoms with E-state index in [1.54, 1.807) is 24.4 Å². The number of hydrogen-bond acceptors (Lipinski definition) is 7. The third kappa shape index (κ3) is 3.13. The van der Waals surface area contributed by atoms with Crippen LogP contribution in [0.1, 0.15) is 20.9 Å². The summed E-state index contributed by atoms with van der Waals surface area (Å²) in [7, 11) is 0. The molecule has 0 bridgehead atoms. The zero-order chi connectivity index (χ0) is 21.7. The molecular weight excluding hydrogens is 418 g/mol. The van der Waals surface area contributed by atoms with Gasteiger partial charge in [0.1, 0.15) is 27.5 Å². The van der Waals surface area contributed by atoms with Crippen LogP contribution in [0.2, 0.25) is 0 Å². The number of urea groups is 1. The molecule has 4 aromatic rings. The van der Waals surface area contributed by atoms with Crippen molar-refractivity contribution in [3.63, 3.8) is 0 Å². The molecule has 9 nitrogen and oxygen atoms in total. The summed E-state index contributed by atoms with van der Waals surface area (Å²) in [5, 5.41) is 12.7. The Kier molecular flexibility index (Phi) is 4.29. The Labute approximate surface area is 180 Å². The van der Waals surface area contributed by atoms with Crippen LogP contribution in [0.15, 0.2) is 42.9 Å². The van der Waals surface area contributed by atoms with Crippen LogP contribution in [0.5, 0.6) is 11.5 Å². The molecule has 0 unspecified atom stereocenters. The second kappa shape index (κ2) is 7.03. The van der Waals surface area contributed by atoms with Crippen LogP contribution in [0.4, 0.5) is 22.0 Å². The van der Waals surface area contributed by atoms with Gasteiger partial charge in [-0.1, -0.05) is 0 Å². The number of carbonyl (C=O) groups is 2. The molecule has 0 spiro atoms. The molecule has 1 aromatic carbocycles. The highest BCUT2D eigenvalue weighted by Gasteiger charge is 2.33. The molecule has 2 amide bonds. The number of hydrogen-bond donors (Lipinski definition) is 2. The number of aromatic carboxylic acids is 1. The van der Waals surface area contributed by atoms with Gasteiger partial charge in [0.15, 0.2) is 5.82 Å². The van der Waals surface area contributed by atoms with Crippen molar-refractivity contribution in [2.75, 3.05) is 10.2 Å². The van der Waals surface area contributed by atoms with Crippen molar-refractivity contribution in [1.82, 2.24) is 15.0 Å². The maximum absolute atomic E-state index is 12.9. The van der Waals surface area contributed by atoms with Crippen LogP contribution in [-0.4, -0.2) is 32.1 Å². The molecule has 0 saturated carbocycles. The first-order chi connectivity index (χ1) is 14.9. The average molecular weight is 433 g/mol. The number of amides is 2. The third-order valence-corrected chi connectivity index (χ3v) is 5.92. The van der Waals surface area contributed by atoms with Crippen LogP contribution in [0.3, 0.4) is 0 Å². The number of aromatic nitrogens is 3. The summed E-state index contributed by atoms with van der Waals surface area (Å²) >= 11 is 1.000. The molecule has 3 aromatic heterocycles. The standard InChI is InChI=1S/C21H15N5O4S/c1-10-7-12(4-6-14(10)30-13-5-3-11(2)22-8-13)26-18-15-16(25-21(26)29)17(20(27)28)31-19(15)24-9-23-18/h3-9H,1-2H3,(H,25,29)(H,27,28). The van der Waals surface area contributed by atoms with Gasteiger partial charge < -0.3 is 15.2 Å². The third-order valence-electron chi connectivity index (χ3n) is 4.84. The fourth-order valence-electron chi connectivity index (χ4n) is 3.38. The van der Waals surface area contributed by atoms with Gasteiger partial charge >= 0.3 is 12.0 Å². The Morgan fingerprint density at radius 2 is 2.00 bits per heavy atom. The van der Waals surface area contributed by atoms with E-state index in [1.165, 1.54) is 11.2 Å². The van der Waals surface area contributed by atoms with Crippen molar-refractivity contribution in [2.45, 2.75) is 13.8 Å². The molecule has 0 aliphatic carbocycles. The molecular formula is C21H15N5O4S. The van der Waals surface area contributed by atoms with E-state index in [9.17, 15) is 14.7 Å². The van der Waals surface area contributed by atoms with Gasteiger partial charge in [0.05, 0.1) is 23.0 Å². The highest BCUT2D eigenvalue weighted by atomic mass is 32.1. The number of carbonyl (C=O) groups excluding carboxylic acids is 1. The van der Waals surface area contributed by atoms with Crippen molar-refractivity contribution < 1.29 is 19.4 Å². The Bertz CT molecular complexity index is 1370. The molecule has 4 heterocycles. The first-order valence-corrected chi connectivity index (χ1v) is 10.1. The smallest absolute Gasteiger partial charge is 0.348 e. The van der Waals surface area contributed by atoms with Gasteiger partial charge in [-0.05, 0) is 49.7 Å². The second-order valence-corrected chi connectivity index (χ2v) is 7.94. The van der Waals surface area contributed by atoms with Gasteiger partial charge in [-0.3, -0.25) is 4.98 Å². The SMILES string of the molecule is Cc1ccc(Oc2ccc(N3C(=O)Nc4c(C(=O)O)sc5ncnc3c45)cc2C)cn1. The van der Waals surface area contributed by atoms with Gasteiger partial charge in [0, 0.05) is 5.69 Å². The number of aryl methyl sites for hydroxylation is 2. The Morgan fingerprint density at radius 1 is 1.16 bits per heavy atom. The quantitative estimate of drug-likeness (QED) is 0.471. The lowest BCUT2D eigenvalue weighted by atomic mass is 10.1. The molecule has 1 aliphatic heterocycles. The summed E-state index contributed by atoms with van der Waals surface area (Å²) in [6.07, 6.45) is 2.97. The molecule has 0 saturated heterocycles. The van der Waals surface area contributed by atoms with Crippen LogP contribution >= 0.6 is 11.3 Å². The van der Waals surface area contributed by atoms with E-state index >= 15 is 0 Å². The lowest BCUT2D eigenvalue weighted by molar-refractivity contribution is 0.0703. The zero-order valence-electron chi connectivity index (χ0n) is 16.4. The number of carboxylic acid groups (broad SMARTS) is 1. The minimum Gasteiger partial charge on any atom is -0.477 e. The molecule has 5 rings (SSSR count). The molecule has 1 aliphatic rings.